The highest BCUT2D eigenvalue weighted by Crippen LogP contribution is 2.16. The molecule has 0 amide bonds. The van der Waals surface area contributed by atoms with E-state index in [1.54, 1.807) is 0 Å². The van der Waals surface area contributed by atoms with Crippen LogP contribution in [0.15, 0.2) is 0 Å². The highest BCUT2D eigenvalue weighted by Gasteiger charge is 2.19. The molecule has 0 radical (unpaired) electrons. The lowest BCUT2D eigenvalue weighted by molar-refractivity contribution is -0.167. The van der Waals surface area contributed by atoms with Crippen molar-refractivity contribution >= 4 is 17.9 Å². The van der Waals surface area contributed by atoms with Crippen molar-refractivity contribution in [3.05, 3.63) is 0 Å². The Morgan fingerprint density at radius 1 is 0.373 bits per heavy atom. The zero-order valence-corrected chi connectivity index (χ0v) is 34.6. The maximum atomic E-state index is 12.6. The van der Waals surface area contributed by atoms with Gasteiger partial charge < -0.3 is 14.2 Å². The van der Waals surface area contributed by atoms with E-state index in [1.807, 2.05) is 0 Å². The zero-order valence-electron chi connectivity index (χ0n) is 34.6. The van der Waals surface area contributed by atoms with Crippen molar-refractivity contribution in [3.8, 4) is 0 Å². The Morgan fingerprint density at radius 3 is 0.961 bits per heavy atom. The molecule has 0 unspecified atom stereocenters. The van der Waals surface area contributed by atoms with Crippen molar-refractivity contribution in [3.63, 3.8) is 0 Å². The molecule has 0 aliphatic rings. The Hall–Kier alpha value is -1.59. The highest BCUT2D eigenvalue weighted by atomic mass is 16.6. The number of unbranched alkanes of at least 4 members (excludes halogenated alkanes) is 27. The molecule has 1 atom stereocenters. The van der Waals surface area contributed by atoms with E-state index in [2.05, 4.69) is 27.7 Å². The second-order valence-electron chi connectivity index (χ2n) is 15.8. The zero-order chi connectivity index (χ0) is 37.5. The molecule has 0 rings (SSSR count). The molecule has 0 N–H and O–H groups in total. The number of hydrogen-bond acceptors (Lipinski definition) is 6. The van der Waals surface area contributed by atoms with Crippen molar-refractivity contribution in [2.75, 3.05) is 13.2 Å². The van der Waals surface area contributed by atoms with Gasteiger partial charge in [-0.1, -0.05) is 207 Å². The van der Waals surface area contributed by atoms with Gasteiger partial charge in [-0.05, 0) is 25.2 Å². The van der Waals surface area contributed by atoms with Crippen LogP contribution in [0.4, 0.5) is 0 Å². The topological polar surface area (TPSA) is 78.9 Å². The lowest BCUT2D eigenvalue weighted by atomic mass is 10.0. The maximum Gasteiger partial charge on any atom is 0.306 e. The summed E-state index contributed by atoms with van der Waals surface area (Å²) in [6.07, 6.45) is 38.2. The Morgan fingerprint density at radius 2 is 0.647 bits per heavy atom. The molecule has 0 spiro atoms. The lowest BCUT2D eigenvalue weighted by Gasteiger charge is -2.18. The van der Waals surface area contributed by atoms with E-state index in [-0.39, 0.29) is 31.1 Å². The third kappa shape index (κ3) is 39.5. The number of carbonyl (C=O) groups is 3. The summed E-state index contributed by atoms with van der Waals surface area (Å²) >= 11 is 0. The predicted molar refractivity (Wildman–Crippen MR) is 215 cm³/mol. The quantitative estimate of drug-likeness (QED) is 0.0356. The Labute approximate surface area is 317 Å². The van der Waals surface area contributed by atoms with Gasteiger partial charge >= 0.3 is 17.9 Å². The van der Waals surface area contributed by atoms with Gasteiger partial charge in [0, 0.05) is 19.3 Å². The summed E-state index contributed by atoms with van der Waals surface area (Å²) in [7, 11) is 0. The van der Waals surface area contributed by atoms with Gasteiger partial charge in [0.1, 0.15) is 13.2 Å². The van der Waals surface area contributed by atoms with Crippen molar-refractivity contribution in [1.82, 2.24) is 0 Å². The first-order valence-electron chi connectivity index (χ1n) is 22.4. The van der Waals surface area contributed by atoms with Gasteiger partial charge in [-0.15, -0.1) is 0 Å². The number of ether oxygens (including phenoxy) is 3. The maximum absolute atomic E-state index is 12.6. The smallest absolute Gasteiger partial charge is 0.306 e. The third-order valence-corrected chi connectivity index (χ3v) is 10.0. The van der Waals surface area contributed by atoms with Crippen LogP contribution in [0, 0.1) is 5.92 Å². The van der Waals surface area contributed by atoms with Crippen molar-refractivity contribution < 1.29 is 28.6 Å². The molecule has 6 heteroatoms. The van der Waals surface area contributed by atoms with E-state index in [9.17, 15) is 14.4 Å². The van der Waals surface area contributed by atoms with Crippen molar-refractivity contribution in [1.29, 1.82) is 0 Å². The van der Waals surface area contributed by atoms with E-state index in [4.69, 9.17) is 14.2 Å². The fourth-order valence-corrected chi connectivity index (χ4v) is 6.63. The largest absolute Gasteiger partial charge is 0.462 e. The van der Waals surface area contributed by atoms with Gasteiger partial charge in [-0.3, -0.25) is 14.4 Å². The standard InChI is InChI=1S/C45H86O6/c1-5-7-9-11-13-15-16-17-18-19-20-22-24-29-33-37-44(47)50-40-42(51-45(48)38-34-30-26-25-27-31-35-41(3)4)39-49-43(46)36-32-28-23-21-14-12-10-8-6-2/h41-42H,5-40H2,1-4H3/t42-/m0/s1. The minimum absolute atomic E-state index is 0.0650. The molecule has 0 fully saturated rings. The molecule has 0 aromatic rings. The summed E-state index contributed by atoms with van der Waals surface area (Å²) < 4.78 is 16.7. The van der Waals surface area contributed by atoms with Gasteiger partial charge in [0.15, 0.2) is 6.10 Å². The molecule has 0 aromatic carbocycles. The summed E-state index contributed by atoms with van der Waals surface area (Å²) in [5.41, 5.74) is 0. The Kier molecular flexibility index (Phi) is 38.4. The van der Waals surface area contributed by atoms with E-state index < -0.39 is 6.10 Å². The first-order valence-corrected chi connectivity index (χ1v) is 22.4. The highest BCUT2D eigenvalue weighted by molar-refractivity contribution is 5.71. The lowest BCUT2D eigenvalue weighted by Crippen LogP contribution is -2.30. The van der Waals surface area contributed by atoms with E-state index in [0.717, 1.165) is 63.7 Å². The van der Waals surface area contributed by atoms with Crippen molar-refractivity contribution in [2.45, 2.75) is 252 Å². The molecule has 0 aliphatic heterocycles. The van der Waals surface area contributed by atoms with E-state index >= 15 is 0 Å². The van der Waals surface area contributed by atoms with Gasteiger partial charge in [0.05, 0.1) is 0 Å². The fourth-order valence-electron chi connectivity index (χ4n) is 6.63. The summed E-state index contributed by atoms with van der Waals surface area (Å²) in [6, 6.07) is 0. The Bertz CT molecular complexity index is 766. The first-order chi connectivity index (χ1) is 24.9. The van der Waals surface area contributed by atoms with E-state index in [1.165, 1.54) is 141 Å². The average molecular weight is 723 g/mol. The third-order valence-electron chi connectivity index (χ3n) is 10.0. The van der Waals surface area contributed by atoms with Gasteiger partial charge in [-0.25, -0.2) is 0 Å². The van der Waals surface area contributed by atoms with E-state index in [0.29, 0.717) is 19.3 Å². The molecular weight excluding hydrogens is 636 g/mol. The SMILES string of the molecule is CCCCCCCCCCCCCCCCCC(=O)OC[C@H](COC(=O)CCCCCCCCCCC)OC(=O)CCCCCCCCC(C)C. The molecule has 0 bridgehead atoms. The Balaban J connectivity index is 4.26. The van der Waals surface area contributed by atoms with Gasteiger partial charge in [-0.2, -0.15) is 0 Å². The minimum atomic E-state index is -0.759. The molecular formula is C45H86O6. The normalized spacial score (nSPS) is 11.9. The van der Waals surface area contributed by atoms with Crippen LogP contribution in [0.1, 0.15) is 246 Å². The molecule has 6 nitrogen and oxygen atoms in total. The molecule has 0 heterocycles. The monoisotopic (exact) mass is 723 g/mol. The number of carbonyl (C=O) groups excluding carboxylic acids is 3. The summed E-state index contributed by atoms with van der Waals surface area (Å²) in [5.74, 6) is -0.104. The molecule has 51 heavy (non-hydrogen) atoms. The fraction of sp³-hybridized carbons (Fsp3) is 0.933. The molecule has 0 saturated heterocycles. The van der Waals surface area contributed by atoms with Crippen LogP contribution < -0.4 is 0 Å². The second kappa shape index (κ2) is 39.6. The van der Waals surface area contributed by atoms with Crippen LogP contribution in [0.3, 0.4) is 0 Å². The van der Waals surface area contributed by atoms with Crippen LogP contribution in [0.5, 0.6) is 0 Å². The molecule has 0 saturated carbocycles. The minimum Gasteiger partial charge on any atom is -0.462 e. The molecule has 302 valence electrons. The molecule has 0 aromatic heterocycles. The van der Waals surface area contributed by atoms with Crippen LogP contribution in [-0.4, -0.2) is 37.2 Å². The van der Waals surface area contributed by atoms with Crippen LogP contribution in [0.25, 0.3) is 0 Å². The van der Waals surface area contributed by atoms with Crippen LogP contribution in [-0.2, 0) is 28.6 Å². The first kappa shape index (κ1) is 49.4. The summed E-state index contributed by atoms with van der Waals surface area (Å²) in [5, 5.41) is 0. The predicted octanol–water partition coefficient (Wildman–Crippen LogP) is 13.9. The van der Waals surface area contributed by atoms with Crippen LogP contribution >= 0.6 is 0 Å². The van der Waals surface area contributed by atoms with Gasteiger partial charge in [0.25, 0.3) is 0 Å². The van der Waals surface area contributed by atoms with Crippen molar-refractivity contribution in [2.24, 2.45) is 5.92 Å². The summed E-state index contributed by atoms with van der Waals surface area (Å²) in [4.78, 5) is 37.6. The number of rotatable bonds is 40. The number of hydrogen-bond donors (Lipinski definition) is 0. The average Bonchev–Trinajstić information content (AvgIpc) is 3.11. The number of esters is 3. The van der Waals surface area contributed by atoms with Gasteiger partial charge in [0.2, 0.25) is 0 Å². The summed E-state index contributed by atoms with van der Waals surface area (Å²) in [6.45, 7) is 8.90. The van der Waals surface area contributed by atoms with Crippen LogP contribution in [0.2, 0.25) is 0 Å². The molecule has 0 aliphatic carbocycles. The second-order valence-corrected chi connectivity index (χ2v) is 15.8.